The third-order valence-corrected chi connectivity index (χ3v) is 6.29. The number of amides is 1. The van der Waals surface area contributed by atoms with Crippen molar-refractivity contribution in [3.05, 3.63) is 58.0 Å². The quantitative estimate of drug-likeness (QED) is 0.338. The molecule has 0 unspecified atom stereocenters. The third-order valence-electron chi connectivity index (χ3n) is 5.30. The molecule has 2 aromatic carbocycles. The highest BCUT2D eigenvalue weighted by molar-refractivity contribution is 7.09. The number of nitrogens with one attached hydrogen (secondary N) is 1. The first kappa shape index (κ1) is 20.9. The van der Waals surface area contributed by atoms with Crippen LogP contribution in [0.1, 0.15) is 27.3 Å². The van der Waals surface area contributed by atoms with Crippen molar-refractivity contribution in [1.29, 1.82) is 0 Å². The Bertz CT molecular complexity index is 1240. The maximum atomic E-state index is 13.0. The fraction of sp³-hybridized carbons (Fsp3) is 0.261. The summed E-state index contributed by atoms with van der Waals surface area (Å²) >= 11 is 1.65. The molecule has 7 nitrogen and oxygen atoms in total. The van der Waals surface area contributed by atoms with E-state index < -0.39 is 0 Å². The second-order valence-electron chi connectivity index (χ2n) is 7.35. The predicted molar refractivity (Wildman–Crippen MR) is 125 cm³/mol. The van der Waals surface area contributed by atoms with E-state index >= 15 is 0 Å². The van der Waals surface area contributed by atoms with Gasteiger partial charge in [0.15, 0.2) is 0 Å². The van der Waals surface area contributed by atoms with E-state index in [9.17, 15) is 4.79 Å². The van der Waals surface area contributed by atoms with Crippen molar-refractivity contribution in [1.82, 2.24) is 19.9 Å². The number of benzene rings is 2. The summed E-state index contributed by atoms with van der Waals surface area (Å²) < 4.78 is 7.41. The Kier molecular flexibility index (Phi) is 5.90. The second-order valence-corrected chi connectivity index (χ2v) is 8.29. The Morgan fingerprint density at radius 2 is 2.10 bits per heavy atom. The lowest BCUT2D eigenvalue weighted by Gasteiger charge is -2.10. The average molecular weight is 436 g/mol. The lowest BCUT2D eigenvalue weighted by Crippen LogP contribution is -2.25. The molecule has 0 aliphatic rings. The van der Waals surface area contributed by atoms with Gasteiger partial charge in [-0.25, -0.2) is 9.97 Å². The van der Waals surface area contributed by atoms with Crippen molar-refractivity contribution >= 4 is 34.0 Å². The number of nitrogen functional groups attached to an aromatic ring is 1. The van der Waals surface area contributed by atoms with Crippen LogP contribution in [-0.2, 0) is 13.5 Å². The number of thiazole rings is 1. The summed E-state index contributed by atoms with van der Waals surface area (Å²) in [6.45, 7) is 2.58. The molecule has 0 radical (unpaired) electrons. The van der Waals surface area contributed by atoms with E-state index in [2.05, 4.69) is 10.3 Å². The fourth-order valence-electron chi connectivity index (χ4n) is 3.73. The zero-order chi connectivity index (χ0) is 22.0. The fourth-order valence-corrected chi connectivity index (χ4v) is 4.55. The van der Waals surface area contributed by atoms with Gasteiger partial charge in [-0.15, -0.1) is 11.3 Å². The summed E-state index contributed by atoms with van der Waals surface area (Å²) in [5, 5.41) is 3.02. The number of nitrogens with two attached hydrogens (primary N) is 1. The molecule has 31 heavy (non-hydrogen) atoms. The summed E-state index contributed by atoms with van der Waals surface area (Å²) in [7, 11) is 3.53. The van der Waals surface area contributed by atoms with E-state index in [-0.39, 0.29) is 5.91 Å². The van der Waals surface area contributed by atoms with Crippen LogP contribution in [0.5, 0.6) is 5.75 Å². The maximum absolute atomic E-state index is 13.0. The summed E-state index contributed by atoms with van der Waals surface area (Å²) in [6.07, 6.45) is 1.74. The Hall–Kier alpha value is -3.39. The molecule has 2 aromatic heterocycles. The number of anilines is 1. The lowest BCUT2D eigenvalue weighted by molar-refractivity contribution is 0.0954. The van der Waals surface area contributed by atoms with Crippen molar-refractivity contribution in [3.63, 3.8) is 0 Å². The lowest BCUT2D eigenvalue weighted by atomic mass is 10.1. The van der Waals surface area contributed by atoms with Crippen LogP contribution in [0.3, 0.4) is 0 Å². The molecule has 4 aromatic rings. The molecule has 0 aliphatic heterocycles. The number of methoxy groups -OCH3 is 1. The van der Waals surface area contributed by atoms with E-state index in [0.29, 0.717) is 29.1 Å². The van der Waals surface area contributed by atoms with Crippen LogP contribution in [0.25, 0.3) is 22.4 Å². The molecule has 160 valence electrons. The first-order valence-electron chi connectivity index (χ1n) is 10.1. The largest absolute Gasteiger partial charge is 0.496 e. The summed E-state index contributed by atoms with van der Waals surface area (Å²) in [5.74, 6) is 1.28. The third kappa shape index (κ3) is 4.11. The van der Waals surface area contributed by atoms with Crippen LogP contribution in [-0.4, -0.2) is 34.1 Å². The molecular formula is C23H25N5O2S. The number of carbonyl (C=O) groups excluding carboxylic acids is 1. The molecule has 0 atom stereocenters. The van der Waals surface area contributed by atoms with Crippen LogP contribution in [0.2, 0.25) is 0 Å². The van der Waals surface area contributed by atoms with Crippen molar-refractivity contribution in [2.75, 3.05) is 19.4 Å². The van der Waals surface area contributed by atoms with Gasteiger partial charge in [-0.05, 0) is 44.0 Å². The monoisotopic (exact) mass is 435 g/mol. The Balaban J connectivity index is 1.61. The van der Waals surface area contributed by atoms with Gasteiger partial charge in [-0.1, -0.05) is 12.1 Å². The number of ether oxygens (including phenoxy) is 1. The van der Waals surface area contributed by atoms with E-state index in [1.807, 2.05) is 48.3 Å². The number of nitrogens with zero attached hydrogens (tertiary/aromatic N) is 3. The van der Waals surface area contributed by atoms with Gasteiger partial charge in [0.2, 0.25) is 0 Å². The number of para-hydroxylation sites is 1. The minimum atomic E-state index is -0.159. The average Bonchev–Trinajstić information content (AvgIpc) is 3.32. The molecule has 0 bridgehead atoms. The van der Waals surface area contributed by atoms with Crippen molar-refractivity contribution < 1.29 is 9.53 Å². The van der Waals surface area contributed by atoms with Crippen LogP contribution in [0.15, 0.2) is 41.9 Å². The second kappa shape index (κ2) is 8.77. The number of carbonyl (C=O) groups is 1. The number of aryl methyl sites for hydroxylation is 3. The summed E-state index contributed by atoms with van der Waals surface area (Å²) in [5.41, 5.74) is 12.3. The highest BCUT2D eigenvalue weighted by atomic mass is 32.1. The smallest absolute Gasteiger partial charge is 0.253 e. The van der Waals surface area contributed by atoms with E-state index in [0.717, 1.165) is 35.4 Å². The highest BCUT2D eigenvalue weighted by Crippen LogP contribution is 2.33. The van der Waals surface area contributed by atoms with Gasteiger partial charge in [-0.3, -0.25) is 4.79 Å². The van der Waals surface area contributed by atoms with Crippen molar-refractivity contribution in [3.8, 4) is 17.1 Å². The zero-order valence-corrected chi connectivity index (χ0v) is 18.6. The standard InChI is InChI=1S/C23H25N5O2S/c1-14-20(31-13-26-14)9-6-10-25-23(29)17-11-15(24)12-18-21(17)28(2)22(27-18)16-7-4-5-8-19(16)30-3/h4-5,7-8,11-13H,6,9-10,24H2,1-3H3,(H,25,29). The number of fused-ring (bicyclic) bond motifs is 1. The van der Waals surface area contributed by atoms with Gasteiger partial charge in [0.05, 0.1) is 40.5 Å². The number of rotatable bonds is 7. The summed E-state index contributed by atoms with van der Waals surface area (Å²) in [6, 6.07) is 11.2. The minimum absolute atomic E-state index is 0.159. The molecule has 8 heteroatoms. The van der Waals surface area contributed by atoms with Crippen LogP contribution in [0, 0.1) is 6.92 Å². The zero-order valence-electron chi connectivity index (χ0n) is 17.8. The SMILES string of the molecule is COc1ccccc1-c1nc2cc(N)cc(C(=O)NCCCc3scnc3C)c2n1C. The minimum Gasteiger partial charge on any atom is -0.496 e. The van der Waals surface area contributed by atoms with Gasteiger partial charge in [0, 0.05) is 24.2 Å². The van der Waals surface area contributed by atoms with Gasteiger partial charge < -0.3 is 20.4 Å². The Labute approximate surface area is 184 Å². The molecule has 4 rings (SSSR count). The van der Waals surface area contributed by atoms with E-state index in [1.54, 1.807) is 30.6 Å². The number of hydrogen-bond acceptors (Lipinski definition) is 6. The molecule has 3 N–H and O–H groups in total. The van der Waals surface area contributed by atoms with Gasteiger partial charge >= 0.3 is 0 Å². The van der Waals surface area contributed by atoms with Crippen LogP contribution in [0.4, 0.5) is 5.69 Å². The molecule has 0 saturated heterocycles. The summed E-state index contributed by atoms with van der Waals surface area (Å²) in [4.78, 5) is 23.3. The normalized spacial score (nSPS) is 11.1. The van der Waals surface area contributed by atoms with E-state index in [4.69, 9.17) is 15.5 Å². The highest BCUT2D eigenvalue weighted by Gasteiger charge is 2.20. The van der Waals surface area contributed by atoms with Crippen molar-refractivity contribution in [2.45, 2.75) is 19.8 Å². The Morgan fingerprint density at radius 3 is 2.84 bits per heavy atom. The predicted octanol–water partition coefficient (Wildman–Crippen LogP) is 3.96. The molecule has 1 amide bonds. The number of aromatic nitrogens is 3. The first-order chi connectivity index (χ1) is 15.0. The molecule has 0 saturated carbocycles. The van der Waals surface area contributed by atoms with Crippen LogP contribution < -0.4 is 15.8 Å². The Morgan fingerprint density at radius 1 is 1.29 bits per heavy atom. The number of imidazole rings is 1. The maximum Gasteiger partial charge on any atom is 0.253 e. The van der Waals surface area contributed by atoms with Gasteiger partial charge in [-0.2, -0.15) is 0 Å². The number of hydrogen-bond donors (Lipinski definition) is 2. The van der Waals surface area contributed by atoms with Gasteiger partial charge in [0.25, 0.3) is 5.91 Å². The van der Waals surface area contributed by atoms with Crippen LogP contribution >= 0.6 is 11.3 Å². The molecule has 2 heterocycles. The topological polar surface area (TPSA) is 95.1 Å². The molecular weight excluding hydrogens is 410 g/mol. The molecule has 0 spiro atoms. The van der Waals surface area contributed by atoms with E-state index in [1.165, 1.54) is 4.88 Å². The molecule has 0 fully saturated rings. The molecule has 0 aliphatic carbocycles. The van der Waals surface area contributed by atoms with Crippen molar-refractivity contribution in [2.24, 2.45) is 7.05 Å². The first-order valence-corrected chi connectivity index (χ1v) is 10.9. The van der Waals surface area contributed by atoms with Gasteiger partial charge in [0.1, 0.15) is 11.6 Å².